The van der Waals surface area contributed by atoms with Crippen LogP contribution in [0.4, 0.5) is 0 Å². The Bertz CT molecular complexity index is 183. The average molecular weight is 173 g/mol. The molecule has 0 aromatic heterocycles. The topological polar surface area (TPSA) is 57.5 Å². The number of carbonyl (C=O) groups excluding carboxylic acids is 1. The van der Waals surface area contributed by atoms with Crippen LogP contribution < -0.4 is 5.32 Å². The van der Waals surface area contributed by atoms with E-state index >= 15 is 0 Å². The van der Waals surface area contributed by atoms with Gasteiger partial charge in [-0.15, -0.1) is 0 Å². The second-order valence-corrected chi connectivity index (χ2v) is 2.76. The molecule has 4 nitrogen and oxygen atoms in total. The van der Waals surface area contributed by atoms with E-state index in [4.69, 9.17) is 9.47 Å². The quantitative estimate of drug-likeness (QED) is 0.490. The first kappa shape index (κ1) is 9.48. The van der Waals surface area contributed by atoms with Crippen LogP contribution in [0.5, 0.6) is 0 Å². The molecule has 1 heterocycles. The molecular weight excluding hydrogens is 158 g/mol. The minimum absolute atomic E-state index is 0.0662. The largest absolute Gasteiger partial charge is 0.463 e. The molecule has 0 saturated carbocycles. The smallest absolute Gasteiger partial charge is 0.355 e. The Hall–Kier alpha value is -0.610. The van der Waals surface area contributed by atoms with E-state index in [1.807, 2.05) is 13.8 Å². The van der Waals surface area contributed by atoms with Gasteiger partial charge in [-0.25, -0.2) is 4.79 Å². The Morgan fingerprint density at radius 3 is 2.42 bits per heavy atom. The molecule has 1 fully saturated rings. The van der Waals surface area contributed by atoms with Crippen molar-refractivity contribution in [3.05, 3.63) is 0 Å². The van der Waals surface area contributed by atoms with Crippen molar-refractivity contribution in [2.75, 3.05) is 13.2 Å². The van der Waals surface area contributed by atoms with Crippen LogP contribution in [-0.2, 0) is 14.3 Å². The molecule has 0 spiro atoms. The highest BCUT2D eigenvalue weighted by atomic mass is 16.6. The zero-order chi connectivity index (χ0) is 9.19. The molecule has 0 aliphatic carbocycles. The molecule has 1 rings (SSSR count). The standard InChI is InChI=1S/C8H15NO3/c1-4-11-7(10)8(12-5-2)6(3)9-8/h6,9H,4-5H2,1-3H3. The van der Waals surface area contributed by atoms with Gasteiger partial charge in [0.25, 0.3) is 0 Å². The molecule has 1 aliphatic heterocycles. The number of hydrogen-bond donors (Lipinski definition) is 1. The number of rotatable bonds is 4. The van der Waals surface area contributed by atoms with Crippen molar-refractivity contribution in [3.8, 4) is 0 Å². The summed E-state index contributed by atoms with van der Waals surface area (Å²) in [5, 5.41) is 2.93. The maximum Gasteiger partial charge on any atom is 0.355 e. The third-order valence-electron chi connectivity index (χ3n) is 1.91. The van der Waals surface area contributed by atoms with Crippen LogP contribution >= 0.6 is 0 Å². The van der Waals surface area contributed by atoms with E-state index in [-0.39, 0.29) is 12.0 Å². The number of esters is 1. The van der Waals surface area contributed by atoms with Gasteiger partial charge >= 0.3 is 5.97 Å². The lowest BCUT2D eigenvalue weighted by atomic mass is 10.3. The molecule has 70 valence electrons. The molecule has 1 aliphatic rings. The van der Waals surface area contributed by atoms with Crippen molar-refractivity contribution in [2.24, 2.45) is 0 Å². The molecule has 12 heavy (non-hydrogen) atoms. The minimum atomic E-state index is -0.843. The van der Waals surface area contributed by atoms with Gasteiger partial charge in [-0.3, -0.25) is 5.32 Å². The van der Waals surface area contributed by atoms with Crippen LogP contribution in [-0.4, -0.2) is 30.9 Å². The maximum atomic E-state index is 11.3. The number of hydrogen-bond acceptors (Lipinski definition) is 4. The lowest BCUT2D eigenvalue weighted by molar-refractivity contribution is -0.160. The van der Waals surface area contributed by atoms with Crippen molar-refractivity contribution in [1.82, 2.24) is 5.32 Å². The highest BCUT2D eigenvalue weighted by Crippen LogP contribution is 2.28. The SMILES string of the molecule is CCOC(=O)C1(OCC)NC1C. The molecule has 2 unspecified atom stereocenters. The molecule has 2 atom stereocenters. The predicted molar refractivity (Wildman–Crippen MR) is 43.6 cm³/mol. The molecule has 1 saturated heterocycles. The second kappa shape index (κ2) is 3.41. The monoisotopic (exact) mass is 173 g/mol. The van der Waals surface area contributed by atoms with Crippen molar-refractivity contribution >= 4 is 5.97 Å². The molecule has 0 amide bonds. The van der Waals surface area contributed by atoms with E-state index in [0.29, 0.717) is 13.2 Å². The Kier molecular flexibility index (Phi) is 2.69. The lowest BCUT2D eigenvalue weighted by Crippen LogP contribution is -2.34. The van der Waals surface area contributed by atoms with E-state index in [1.54, 1.807) is 6.92 Å². The normalized spacial score (nSPS) is 33.1. The summed E-state index contributed by atoms with van der Waals surface area (Å²) in [6.45, 7) is 6.43. The van der Waals surface area contributed by atoms with Gasteiger partial charge in [0.2, 0.25) is 5.72 Å². The van der Waals surface area contributed by atoms with E-state index < -0.39 is 5.72 Å². The molecule has 4 heteroatoms. The Balaban J connectivity index is 2.51. The summed E-state index contributed by atoms with van der Waals surface area (Å²) in [6, 6.07) is 0.0662. The fourth-order valence-electron chi connectivity index (χ4n) is 1.21. The maximum absolute atomic E-state index is 11.3. The highest BCUT2D eigenvalue weighted by Gasteiger charge is 2.60. The predicted octanol–water partition coefficient (Wildman–Crippen LogP) is 0.274. The summed E-state index contributed by atoms with van der Waals surface area (Å²) in [5.41, 5.74) is -0.843. The van der Waals surface area contributed by atoms with Crippen LogP contribution in [0.2, 0.25) is 0 Å². The zero-order valence-corrected chi connectivity index (χ0v) is 7.72. The number of nitrogens with one attached hydrogen (secondary N) is 1. The van der Waals surface area contributed by atoms with Crippen molar-refractivity contribution < 1.29 is 14.3 Å². The summed E-state index contributed by atoms with van der Waals surface area (Å²) < 4.78 is 10.1. The van der Waals surface area contributed by atoms with E-state index in [0.717, 1.165) is 0 Å². The van der Waals surface area contributed by atoms with Crippen LogP contribution in [0.15, 0.2) is 0 Å². The van der Waals surface area contributed by atoms with Gasteiger partial charge in [0.1, 0.15) is 0 Å². The van der Waals surface area contributed by atoms with Gasteiger partial charge in [0.05, 0.1) is 12.6 Å². The van der Waals surface area contributed by atoms with Crippen molar-refractivity contribution in [3.63, 3.8) is 0 Å². The molecule has 0 aromatic rings. The van der Waals surface area contributed by atoms with Gasteiger partial charge in [-0.05, 0) is 20.8 Å². The fraction of sp³-hybridized carbons (Fsp3) is 0.875. The van der Waals surface area contributed by atoms with Gasteiger partial charge in [-0.1, -0.05) is 0 Å². The summed E-state index contributed by atoms with van der Waals surface area (Å²) in [7, 11) is 0. The fourth-order valence-corrected chi connectivity index (χ4v) is 1.21. The molecule has 0 radical (unpaired) electrons. The van der Waals surface area contributed by atoms with Gasteiger partial charge in [-0.2, -0.15) is 0 Å². The van der Waals surface area contributed by atoms with Crippen LogP contribution in [0.25, 0.3) is 0 Å². The lowest BCUT2D eigenvalue weighted by Gasteiger charge is -2.12. The van der Waals surface area contributed by atoms with Crippen molar-refractivity contribution in [2.45, 2.75) is 32.5 Å². The zero-order valence-electron chi connectivity index (χ0n) is 7.72. The Morgan fingerprint density at radius 2 is 2.08 bits per heavy atom. The van der Waals surface area contributed by atoms with Crippen LogP contribution in [0.1, 0.15) is 20.8 Å². The first-order chi connectivity index (χ1) is 5.67. The second-order valence-electron chi connectivity index (χ2n) is 2.76. The number of ether oxygens (including phenoxy) is 2. The number of carbonyl (C=O) groups is 1. The van der Waals surface area contributed by atoms with Gasteiger partial charge < -0.3 is 9.47 Å². The Labute approximate surface area is 72.2 Å². The van der Waals surface area contributed by atoms with E-state index in [1.165, 1.54) is 0 Å². The molecule has 0 aromatic carbocycles. The van der Waals surface area contributed by atoms with E-state index in [2.05, 4.69) is 5.32 Å². The third-order valence-corrected chi connectivity index (χ3v) is 1.91. The highest BCUT2D eigenvalue weighted by molar-refractivity contribution is 5.83. The summed E-state index contributed by atoms with van der Waals surface area (Å²) in [6.07, 6.45) is 0. The van der Waals surface area contributed by atoms with Gasteiger partial charge in [0, 0.05) is 6.61 Å². The third kappa shape index (κ3) is 1.44. The molecular formula is C8H15NO3. The van der Waals surface area contributed by atoms with Crippen molar-refractivity contribution in [1.29, 1.82) is 0 Å². The summed E-state index contributed by atoms with van der Waals surface area (Å²) in [5.74, 6) is -0.306. The summed E-state index contributed by atoms with van der Waals surface area (Å²) >= 11 is 0. The molecule has 0 bridgehead atoms. The van der Waals surface area contributed by atoms with E-state index in [9.17, 15) is 4.79 Å². The summed E-state index contributed by atoms with van der Waals surface area (Å²) in [4.78, 5) is 11.3. The first-order valence-electron chi connectivity index (χ1n) is 4.26. The Morgan fingerprint density at radius 1 is 1.50 bits per heavy atom. The minimum Gasteiger partial charge on any atom is -0.463 e. The van der Waals surface area contributed by atoms with Crippen LogP contribution in [0, 0.1) is 0 Å². The van der Waals surface area contributed by atoms with Crippen LogP contribution in [0.3, 0.4) is 0 Å². The average Bonchev–Trinajstić information content (AvgIpc) is 2.64. The first-order valence-corrected chi connectivity index (χ1v) is 4.26. The molecule has 1 N–H and O–H groups in total. The van der Waals surface area contributed by atoms with Gasteiger partial charge in [0.15, 0.2) is 0 Å².